The highest BCUT2D eigenvalue weighted by molar-refractivity contribution is 5.76. The van der Waals surface area contributed by atoms with Crippen molar-refractivity contribution in [3.8, 4) is 17.2 Å². The minimum Gasteiger partial charge on any atom is -0.478 e. The fraction of sp³-hybridized carbons (Fsp3) is 0.292. The quantitative estimate of drug-likeness (QED) is 0.488. The van der Waals surface area contributed by atoms with Gasteiger partial charge in [-0.1, -0.05) is 24.3 Å². The number of carboxylic acid groups (broad SMARTS) is 1. The number of benzene rings is 2. The summed E-state index contributed by atoms with van der Waals surface area (Å²) in [6.07, 6.45) is -0.332. The van der Waals surface area contributed by atoms with Gasteiger partial charge in [0.25, 0.3) is 0 Å². The van der Waals surface area contributed by atoms with Gasteiger partial charge in [0.1, 0.15) is 17.3 Å². The van der Waals surface area contributed by atoms with Crippen molar-refractivity contribution in [3.05, 3.63) is 71.4 Å². The fourth-order valence-electron chi connectivity index (χ4n) is 2.90. The number of carbonyl (C=O) groups excluding carboxylic acids is 1. The number of rotatable bonds is 9. The van der Waals surface area contributed by atoms with Crippen LogP contribution in [0.5, 0.6) is 5.75 Å². The molecule has 8 nitrogen and oxygen atoms in total. The molecular weight excluding hydrogens is 431 g/mol. The van der Waals surface area contributed by atoms with Gasteiger partial charge in [-0.25, -0.2) is 19.0 Å². The summed E-state index contributed by atoms with van der Waals surface area (Å²) in [4.78, 5) is 27.5. The molecule has 0 fully saturated rings. The predicted octanol–water partition coefficient (Wildman–Crippen LogP) is 4.50. The Morgan fingerprint density at radius 3 is 2.58 bits per heavy atom. The summed E-state index contributed by atoms with van der Waals surface area (Å²) in [6, 6.07) is 13.4. The lowest BCUT2D eigenvalue weighted by Crippen LogP contribution is -2.37. The van der Waals surface area contributed by atoms with E-state index in [0.717, 1.165) is 11.6 Å². The molecule has 0 aliphatic heterocycles. The summed E-state index contributed by atoms with van der Waals surface area (Å²) >= 11 is 0. The van der Waals surface area contributed by atoms with Crippen LogP contribution in [0.2, 0.25) is 0 Å². The maximum atomic E-state index is 14.3. The van der Waals surface area contributed by atoms with Crippen LogP contribution in [0.15, 0.2) is 52.9 Å². The number of nitrogens with zero attached hydrogens (tertiary/aromatic N) is 1. The van der Waals surface area contributed by atoms with Gasteiger partial charge in [-0.2, -0.15) is 0 Å². The largest absolute Gasteiger partial charge is 0.478 e. The average molecular weight is 456 g/mol. The third-order valence-electron chi connectivity index (χ3n) is 4.82. The molecule has 3 aromatic rings. The molecule has 0 bridgehead atoms. The van der Waals surface area contributed by atoms with E-state index in [1.807, 2.05) is 30.3 Å². The van der Waals surface area contributed by atoms with E-state index in [1.54, 1.807) is 6.92 Å². The number of carbonyl (C=O) groups is 2. The molecule has 0 atom stereocenters. The molecule has 9 heteroatoms. The number of carboxylic acids is 1. The number of hydrogen-bond donors (Lipinski definition) is 2. The summed E-state index contributed by atoms with van der Waals surface area (Å²) in [5, 5.41) is 11.6. The van der Waals surface area contributed by atoms with Crippen molar-refractivity contribution in [1.29, 1.82) is 0 Å². The lowest BCUT2D eigenvalue weighted by Gasteiger charge is -2.21. The first-order valence-electron chi connectivity index (χ1n) is 10.3. The number of aromatic nitrogens is 1. The van der Waals surface area contributed by atoms with Crippen molar-refractivity contribution in [2.45, 2.75) is 39.3 Å². The highest BCUT2D eigenvalue weighted by Gasteiger charge is 2.29. The standard InChI is InChI=1S/C24H25FN2O6/c1-15-20(27-21(32-15)16-7-5-4-6-8-16)11-12-31-23(30)26-14-17-9-10-18(13-19(17)25)33-24(2,3)22(28)29/h4-10,13H,11-12,14H2,1-3H3,(H,26,30)(H,28,29). The van der Waals surface area contributed by atoms with Gasteiger partial charge in [-0.3, -0.25) is 0 Å². The second-order valence-electron chi connectivity index (χ2n) is 7.80. The van der Waals surface area contributed by atoms with Gasteiger partial charge in [0.05, 0.1) is 12.3 Å². The summed E-state index contributed by atoms with van der Waals surface area (Å²) in [5.74, 6) is -0.589. The normalized spacial score (nSPS) is 11.2. The van der Waals surface area contributed by atoms with Crippen molar-refractivity contribution in [2.75, 3.05) is 6.61 Å². The minimum absolute atomic E-state index is 0.0732. The van der Waals surface area contributed by atoms with Crippen LogP contribution in [0.4, 0.5) is 9.18 Å². The maximum absolute atomic E-state index is 14.3. The Bertz CT molecular complexity index is 1130. The zero-order valence-corrected chi connectivity index (χ0v) is 18.6. The monoisotopic (exact) mass is 456 g/mol. The molecule has 0 radical (unpaired) electrons. The summed E-state index contributed by atoms with van der Waals surface area (Å²) in [7, 11) is 0. The fourth-order valence-corrected chi connectivity index (χ4v) is 2.90. The Morgan fingerprint density at radius 2 is 1.91 bits per heavy atom. The molecule has 2 N–H and O–H groups in total. The van der Waals surface area contributed by atoms with E-state index in [0.29, 0.717) is 23.8 Å². The lowest BCUT2D eigenvalue weighted by molar-refractivity contribution is -0.152. The lowest BCUT2D eigenvalue weighted by atomic mass is 10.1. The van der Waals surface area contributed by atoms with Crippen LogP contribution in [-0.2, 0) is 22.5 Å². The van der Waals surface area contributed by atoms with Crippen LogP contribution in [0, 0.1) is 12.7 Å². The molecule has 174 valence electrons. The molecule has 0 unspecified atom stereocenters. The molecule has 2 aromatic carbocycles. The average Bonchev–Trinajstić information content (AvgIpc) is 3.14. The molecule has 3 rings (SSSR count). The first kappa shape index (κ1) is 23.8. The van der Waals surface area contributed by atoms with Gasteiger partial charge in [0.2, 0.25) is 5.89 Å². The van der Waals surface area contributed by atoms with Crippen molar-refractivity contribution < 1.29 is 33.0 Å². The van der Waals surface area contributed by atoms with Crippen molar-refractivity contribution in [1.82, 2.24) is 10.3 Å². The van der Waals surface area contributed by atoms with Gasteiger partial charge in [0.15, 0.2) is 5.60 Å². The Kier molecular flexibility index (Phi) is 7.32. The SMILES string of the molecule is Cc1oc(-c2ccccc2)nc1CCOC(=O)NCc1ccc(OC(C)(C)C(=O)O)cc1F. The number of aliphatic carboxylic acids is 1. The van der Waals surface area contributed by atoms with Crippen LogP contribution < -0.4 is 10.1 Å². The Labute approximate surface area is 190 Å². The third-order valence-corrected chi connectivity index (χ3v) is 4.82. The third kappa shape index (κ3) is 6.31. The van der Waals surface area contributed by atoms with E-state index in [2.05, 4.69) is 10.3 Å². The Balaban J connectivity index is 1.47. The topological polar surface area (TPSA) is 111 Å². The van der Waals surface area contributed by atoms with Crippen LogP contribution >= 0.6 is 0 Å². The molecule has 0 spiro atoms. The van der Waals surface area contributed by atoms with Crippen molar-refractivity contribution >= 4 is 12.1 Å². The van der Waals surface area contributed by atoms with Crippen LogP contribution in [0.25, 0.3) is 11.5 Å². The van der Waals surface area contributed by atoms with Gasteiger partial charge in [-0.15, -0.1) is 0 Å². The van der Waals surface area contributed by atoms with Crippen molar-refractivity contribution in [2.24, 2.45) is 0 Å². The highest BCUT2D eigenvalue weighted by Crippen LogP contribution is 2.23. The summed E-state index contributed by atoms with van der Waals surface area (Å²) < 4.78 is 30.4. The number of amides is 1. The van der Waals surface area contributed by atoms with E-state index in [4.69, 9.17) is 19.0 Å². The van der Waals surface area contributed by atoms with Crippen LogP contribution in [-0.4, -0.2) is 34.4 Å². The molecule has 33 heavy (non-hydrogen) atoms. The Morgan fingerprint density at radius 1 is 1.18 bits per heavy atom. The summed E-state index contributed by atoms with van der Waals surface area (Å²) in [5.41, 5.74) is 0.246. The molecule has 0 aliphatic carbocycles. The maximum Gasteiger partial charge on any atom is 0.407 e. The first-order chi connectivity index (χ1) is 15.7. The molecule has 0 saturated carbocycles. The van der Waals surface area contributed by atoms with Crippen LogP contribution in [0.3, 0.4) is 0 Å². The summed E-state index contributed by atoms with van der Waals surface area (Å²) in [6.45, 7) is 4.49. The number of nitrogens with one attached hydrogen (secondary N) is 1. The molecule has 1 aromatic heterocycles. The number of aryl methyl sites for hydroxylation is 1. The number of hydrogen-bond acceptors (Lipinski definition) is 6. The highest BCUT2D eigenvalue weighted by atomic mass is 19.1. The van der Waals surface area contributed by atoms with Crippen LogP contribution in [0.1, 0.15) is 30.9 Å². The molecule has 1 heterocycles. The molecular formula is C24H25FN2O6. The zero-order valence-electron chi connectivity index (χ0n) is 18.6. The Hall–Kier alpha value is -3.88. The number of alkyl carbamates (subject to hydrolysis) is 1. The smallest absolute Gasteiger partial charge is 0.407 e. The zero-order chi connectivity index (χ0) is 24.0. The van der Waals surface area contributed by atoms with Gasteiger partial charge in [-0.05, 0) is 39.0 Å². The molecule has 0 aliphatic rings. The van der Waals surface area contributed by atoms with E-state index < -0.39 is 23.5 Å². The van der Waals surface area contributed by atoms with Gasteiger partial charge in [0, 0.05) is 30.2 Å². The van der Waals surface area contributed by atoms with E-state index >= 15 is 0 Å². The van der Waals surface area contributed by atoms with Crippen molar-refractivity contribution in [3.63, 3.8) is 0 Å². The number of ether oxygens (including phenoxy) is 2. The first-order valence-corrected chi connectivity index (χ1v) is 10.3. The number of halogens is 1. The number of oxazole rings is 1. The van der Waals surface area contributed by atoms with E-state index in [9.17, 15) is 14.0 Å². The second-order valence-corrected chi connectivity index (χ2v) is 7.80. The second kappa shape index (κ2) is 10.2. The van der Waals surface area contributed by atoms with E-state index in [-0.39, 0.29) is 24.5 Å². The molecule has 1 amide bonds. The van der Waals surface area contributed by atoms with Gasteiger partial charge >= 0.3 is 12.1 Å². The van der Waals surface area contributed by atoms with E-state index in [1.165, 1.54) is 26.0 Å². The van der Waals surface area contributed by atoms with Gasteiger partial charge < -0.3 is 24.3 Å². The molecule has 0 saturated heterocycles. The minimum atomic E-state index is -1.50. The predicted molar refractivity (Wildman–Crippen MR) is 117 cm³/mol.